The zero-order chi connectivity index (χ0) is 16.0. The molecule has 21 heavy (non-hydrogen) atoms. The van der Waals surface area contributed by atoms with Crippen LogP contribution in [-0.4, -0.2) is 44.4 Å². The minimum absolute atomic E-state index is 0.208. The third kappa shape index (κ3) is 5.74. The number of carbonyl (C=O) groups is 2. The van der Waals surface area contributed by atoms with Crippen molar-refractivity contribution in [1.29, 1.82) is 0 Å². The van der Waals surface area contributed by atoms with Gasteiger partial charge in [-0.1, -0.05) is 29.3 Å². The van der Waals surface area contributed by atoms with Crippen LogP contribution in [0.1, 0.15) is 12.0 Å². The van der Waals surface area contributed by atoms with E-state index in [2.05, 4.69) is 0 Å². The number of aliphatic hydroxyl groups is 1. The molecule has 0 bridgehead atoms. The Labute approximate surface area is 135 Å². The van der Waals surface area contributed by atoms with E-state index in [0.717, 1.165) is 17.3 Å². The molecule has 0 saturated carbocycles. The van der Waals surface area contributed by atoms with Crippen LogP contribution in [0, 0.1) is 0 Å². The van der Waals surface area contributed by atoms with Crippen molar-refractivity contribution in [2.75, 3.05) is 11.5 Å². The van der Waals surface area contributed by atoms with Crippen LogP contribution in [0.15, 0.2) is 18.2 Å². The molecule has 5 nitrogen and oxygen atoms in total. The van der Waals surface area contributed by atoms with Crippen LogP contribution in [0.25, 0.3) is 0 Å². The van der Waals surface area contributed by atoms with Gasteiger partial charge in [-0.3, -0.25) is 4.79 Å². The first-order valence-electron chi connectivity index (χ1n) is 5.94. The molecule has 3 N–H and O–H groups in total. The van der Waals surface area contributed by atoms with Gasteiger partial charge in [0.15, 0.2) is 5.60 Å². The Balaban J connectivity index is 2.51. The lowest BCUT2D eigenvalue weighted by Gasteiger charge is -2.20. The van der Waals surface area contributed by atoms with E-state index >= 15 is 0 Å². The highest BCUT2D eigenvalue weighted by molar-refractivity contribution is 7.99. The molecule has 0 saturated heterocycles. The summed E-state index contributed by atoms with van der Waals surface area (Å²) >= 11 is 12.9. The van der Waals surface area contributed by atoms with E-state index in [0.29, 0.717) is 22.2 Å². The molecule has 0 aromatic heterocycles. The SMILES string of the molecule is O=C(O)C[C@](O)(CSCCc1ccc(Cl)cc1Cl)C(=O)O. The van der Waals surface area contributed by atoms with Crippen LogP contribution in [0.3, 0.4) is 0 Å². The third-order valence-corrected chi connectivity index (χ3v) is 4.47. The second kappa shape index (κ2) is 7.89. The van der Waals surface area contributed by atoms with Gasteiger partial charge in [-0.2, -0.15) is 11.8 Å². The number of benzene rings is 1. The van der Waals surface area contributed by atoms with Crippen LogP contribution in [0.4, 0.5) is 0 Å². The first-order chi connectivity index (χ1) is 9.74. The summed E-state index contributed by atoms with van der Waals surface area (Å²) in [7, 11) is 0. The highest BCUT2D eigenvalue weighted by atomic mass is 35.5. The van der Waals surface area contributed by atoms with Gasteiger partial charge in [-0.05, 0) is 29.9 Å². The molecule has 0 unspecified atom stereocenters. The quantitative estimate of drug-likeness (QED) is 0.622. The lowest BCUT2D eigenvalue weighted by atomic mass is 10.0. The lowest BCUT2D eigenvalue weighted by molar-refractivity contribution is -0.162. The molecule has 8 heteroatoms. The molecule has 0 aliphatic heterocycles. The van der Waals surface area contributed by atoms with Gasteiger partial charge in [0.05, 0.1) is 6.42 Å². The topological polar surface area (TPSA) is 94.8 Å². The van der Waals surface area contributed by atoms with Crippen molar-refractivity contribution in [1.82, 2.24) is 0 Å². The third-order valence-electron chi connectivity index (χ3n) is 2.71. The van der Waals surface area contributed by atoms with E-state index < -0.39 is 24.0 Å². The minimum atomic E-state index is -2.26. The molecule has 116 valence electrons. The zero-order valence-electron chi connectivity index (χ0n) is 10.9. The number of aliphatic carboxylic acids is 2. The Morgan fingerprint density at radius 2 is 1.90 bits per heavy atom. The van der Waals surface area contributed by atoms with Gasteiger partial charge in [0.25, 0.3) is 0 Å². The zero-order valence-corrected chi connectivity index (χ0v) is 13.2. The van der Waals surface area contributed by atoms with Crippen LogP contribution >= 0.6 is 35.0 Å². The van der Waals surface area contributed by atoms with Gasteiger partial charge in [0.2, 0.25) is 0 Å². The van der Waals surface area contributed by atoms with E-state index in [1.54, 1.807) is 18.2 Å². The maximum absolute atomic E-state index is 11.0. The maximum Gasteiger partial charge on any atom is 0.337 e. The molecular formula is C13H14Cl2O5S. The highest BCUT2D eigenvalue weighted by Crippen LogP contribution is 2.24. The van der Waals surface area contributed by atoms with Crippen LogP contribution in [0.2, 0.25) is 10.0 Å². The fraction of sp³-hybridized carbons (Fsp3) is 0.385. The predicted octanol–water partition coefficient (Wildman–Crippen LogP) is 2.56. The Kier molecular flexibility index (Phi) is 6.80. The summed E-state index contributed by atoms with van der Waals surface area (Å²) in [6.45, 7) is 0. The molecule has 1 aromatic carbocycles. The average molecular weight is 353 g/mol. The predicted molar refractivity (Wildman–Crippen MR) is 82.3 cm³/mol. The first kappa shape index (κ1) is 18.1. The van der Waals surface area contributed by atoms with Crippen molar-refractivity contribution in [3.63, 3.8) is 0 Å². The lowest BCUT2D eigenvalue weighted by Crippen LogP contribution is -2.43. The highest BCUT2D eigenvalue weighted by Gasteiger charge is 2.38. The van der Waals surface area contributed by atoms with E-state index in [4.69, 9.17) is 33.4 Å². The average Bonchev–Trinajstić information content (AvgIpc) is 2.35. The van der Waals surface area contributed by atoms with Crippen molar-refractivity contribution in [2.45, 2.75) is 18.4 Å². The molecule has 1 atom stereocenters. The van der Waals surface area contributed by atoms with E-state index in [1.807, 2.05) is 0 Å². The van der Waals surface area contributed by atoms with Gasteiger partial charge >= 0.3 is 11.9 Å². The molecule has 0 heterocycles. The summed E-state index contributed by atoms with van der Waals surface area (Å²) in [6.07, 6.45) is -0.277. The molecule has 0 fully saturated rings. The number of aryl methyl sites for hydroxylation is 1. The summed E-state index contributed by atoms with van der Waals surface area (Å²) < 4.78 is 0. The van der Waals surface area contributed by atoms with Crippen LogP contribution < -0.4 is 0 Å². The number of carboxylic acids is 2. The second-order valence-corrected chi connectivity index (χ2v) is 6.39. The van der Waals surface area contributed by atoms with E-state index in [-0.39, 0.29) is 5.75 Å². The molecule has 0 amide bonds. The van der Waals surface area contributed by atoms with Gasteiger partial charge in [-0.15, -0.1) is 0 Å². The molecular weight excluding hydrogens is 339 g/mol. The van der Waals surface area contributed by atoms with Crippen molar-refractivity contribution in [2.24, 2.45) is 0 Å². The second-order valence-electron chi connectivity index (χ2n) is 4.45. The van der Waals surface area contributed by atoms with Gasteiger partial charge < -0.3 is 15.3 Å². The van der Waals surface area contributed by atoms with Crippen molar-refractivity contribution < 1.29 is 24.9 Å². The Hall–Kier alpha value is -0.950. The Morgan fingerprint density at radius 3 is 2.43 bits per heavy atom. The van der Waals surface area contributed by atoms with Crippen LogP contribution in [-0.2, 0) is 16.0 Å². The summed E-state index contributed by atoms with van der Waals surface area (Å²) in [5, 5.41) is 28.4. The van der Waals surface area contributed by atoms with Crippen molar-refractivity contribution >= 4 is 46.9 Å². The van der Waals surface area contributed by atoms with E-state index in [1.165, 1.54) is 0 Å². The van der Waals surface area contributed by atoms with Crippen molar-refractivity contribution in [3.8, 4) is 0 Å². The van der Waals surface area contributed by atoms with Gasteiger partial charge in [0, 0.05) is 15.8 Å². The molecule has 0 aliphatic carbocycles. The summed E-state index contributed by atoms with van der Waals surface area (Å²) in [5.41, 5.74) is -1.41. The number of hydrogen-bond donors (Lipinski definition) is 3. The summed E-state index contributed by atoms with van der Waals surface area (Å²) in [5.74, 6) is -2.61. The maximum atomic E-state index is 11.0. The van der Waals surface area contributed by atoms with E-state index in [9.17, 15) is 14.7 Å². The normalized spacial score (nSPS) is 13.7. The first-order valence-corrected chi connectivity index (χ1v) is 7.85. The summed E-state index contributed by atoms with van der Waals surface area (Å²) in [4.78, 5) is 21.5. The minimum Gasteiger partial charge on any atom is -0.481 e. The fourth-order valence-corrected chi connectivity index (χ4v) is 3.16. The number of thioether (sulfide) groups is 1. The molecule has 0 spiro atoms. The number of halogens is 2. The van der Waals surface area contributed by atoms with Gasteiger partial charge in [0.1, 0.15) is 0 Å². The molecule has 0 aliphatic rings. The fourth-order valence-electron chi connectivity index (χ4n) is 1.59. The number of hydrogen-bond acceptors (Lipinski definition) is 4. The molecule has 1 rings (SSSR count). The molecule has 0 radical (unpaired) electrons. The van der Waals surface area contributed by atoms with Gasteiger partial charge in [-0.25, -0.2) is 4.79 Å². The largest absolute Gasteiger partial charge is 0.481 e. The number of carboxylic acid groups (broad SMARTS) is 2. The van der Waals surface area contributed by atoms with Crippen molar-refractivity contribution in [3.05, 3.63) is 33.8 Å². The standard InChI is InChI=1S/C13H14Cl2O5S/c14-9-2-1-8(10(15)5-9)3-4-21-7-13(20,12(18)19)6-11(16)17/h1-2,5,20H,3-4,6-7H2,(H,16,17)(H,18,19)/t13-/m0/s1. The summed E-state index contributed by atoms with van der Waals surface area (Å²) in [6, 6.07) is 5.08. The smallest absolute Gasteiger partial charge is 0.337 e. The monoisotopic (exact) mass is 352 g/mol. The number of rotatable bonds is 8. The van der Waals surface area contributed by atoms with Crippen LogP contribution in [0.5, 0.6) is 0 Å². The Morgan fingerprint density at radius 1 is 1.24 bits per heavy atom. The molecule has 1 aromatic rings. The Bertz CT molecular complexity index is 537.